The fourth-order valence-electron chi connectivity index (χ4n) is 2.50. The van der Waals surface area contributed by atoms with Gasteiger partial charge in [-0.2, -0.15) is 0 Å². The maximum Gasteiger partial charge on any atom is 0.237 e. The molecule has 2 rings (SSSR count). The van der Waals surface area contributed by atoms with Gasteiger partial charge in [-0.1, -0.05) is 12.1 Å². The lowest BCUT2D eigenvalue weighted by molar-refractivity contribution is -0.123. The lowest BCUT2D eigenvalue weighted by Gasteiger charge is -2.16. The Morgan fingerprint density at radius 2 is 2.10 bits per heavy atom. The number of carbonyl (C=O) groups excluding carboxylic acids is 1. The van der Waals surface area contributed by atoms with Gasteiger partial charge >= 0.3 is 0 Å². The normalized spacial score (nSPS) is 15.3. The van der Waals surface area contributed by atoms with Crippen LogP contribution >= 0.6 is 0 Å². The van der Waals surface area contributed by atoms with Crippen LogP contribution in [0.3, 0.4) is 0 Å². The van der Waals surface area contributed by atoms with Crippen molar-refractivity contribution in [1.29, 1.82) is 0 Å². The molecule has 0 aliphatic carbocycles. The molecule has 0 radical (unpaired) electrons. The average Bonchev–Trinajstić information content (AvgIpc) is 2.76. The highest BCUT2D eigenvalue weighted by atomic mass is 16.2. The summed E-state index contributed by atoms with van der Waals surface area (Å²) in [7, 11) is 2.13. The summed E-state index contributed by atoms with van der Waals surface area (Å²) in [5, 5.41) is 6.20. The van der Waals surface area contributed by atoms with Crippen LogP contribution in [-0.2, 0) is 17.8 Å². The van der Waals surface area contributed by atoms with E-state index in [4.69, 9.17) is 0 Å². The van der Waals surface area contributed by atoms with Crippen LogP contribution in [0, 0.1) is 0 Å². The smallest absolute Gasteiger partial charge is 0.237 e. The second-order valence-electron chi connectivity index (χ2n) is 5.90. The first kappa shape index (κ1) is 14.9. The van der Waals surface area contributed by atoms with Crippen molar-refractivity contribution < 1.29 is 4.79 Å². The number of benzene rings is 1. The van der Waals surface area contributed by atoms with Crippen molar-refractivity contribution in [1.82, 2.24) is 10.6 Å². The topological polar surface area (TPSA) is 44.4 Å². The van der Waals surface area contributed by atoms with Gasteiger partial charge in [-0.25, -0.2) is 0 Å². The molecule has 1 unspecified atom stereocenters. The molecule has 0 spiro atoms. The van der Waals surface area contributed by atoms with Crippen molar-refractivity contribution in [2.75, 3.05) is 18.5 Å². The second-order valence-corrected chi connectivity index (χ2v) is 5.90. The zero-order valence-electron chi connectivity index (χ0n) is 12.9. The van der Waals surface area contributed by atoms with E-state index in [0.29, 0.717) is 0 Å². The summed E-state index contributed by atoms with van der Waals surface area (Å²) in [4.78, 5) is 14.1. The minimum atomic E-state index is -0.173. The average molecular weight is 275 g/mol. The highest BCUT2D eigenvalue weighted by Gasteiger charge is 2.16. The molecule has 1 aliphatic heterocycles. The van der Waals surface area contributed by atoms with Crippen LogP contribution in [0.1, 0.15) is 31.9 Å². The number of amides is 1. The Hall–Kier alpha value is -1.55. The zero-order chi connectivity index (χ0) is 14.7. The first-order chi connectivity index (χ1) is 9.47. The molecule has 0 saturated carbocycles. The first-order valence-electron chi connectivity index (χ1n) is 7.34. The van der Waals surface area contributed by atoms with Gasteiger partial charge in [0.1, 0.15) is 0 Å². The lowest BCUT2D eigenvalue weighted by Crippen LogP contribution is -2.44. The van der Waals surface area contributed by atoms with Gasteiger partial charge in [0.15, 0.2) is 0 Å². The molecule has 110 valence electrons. The standard InChI is InChI=1S/C16H25N3O/c1-11(2)18-16(20)12(3)17-10-13-5-6-15-14(9-13)7-8-19(15)4/h5-6,9,11-12,17H,7-8,10H2,1-4H3,(H,18,20). The van der Waals surface area contributed by atoms with Gasteiger partial charge in [0.05, 0.1) is 6.04 Å². The van der Waals surface area contributed by atoms with E-state index >= 15 is 0 Å². The van der Waals surface area contributed by atoms with Crippen molar-refractivity contribution >= 4 is 11.6 Å². The van der Waals surface area contributed by atoms with E-state index in [-0.39, 0.29) is 18.0 Å². The third-order valence-corrected chi connectivity index (χ3v) is 3.71. The van der Waals surface area contributed by atoms with Crippen LogP contribution in [0.5, 0.6) is 0 Å². The summed E-state index contributed by atoms with van der Waals surface area (Å²) < 4.78 is 0. The fraction of sp³-hybridized carbons (Fsp3) is 0.562. The number of fused-ring (bicyclic) bond motifs is 1. The van der Waals surface area contributed by atoms with Crippen molar-refractivity contribution in [2.45, 2.75) is 45.8 Å². The van der Waals surface area contributed by atoms with E-state index in [1.54, 1.807) is 0 Å². The van der Waals surface area contributed by atoms with E-state index in [1.165, 1.54) is 16.8 Å². The number of nitrogens with zero attached hydrogens (tertiary/aromatic N) is 1. The Morgan fingerprint density at radius 3 is 2.80 bits per heavy atom. The number of hydrogen-bond donors (Lipinski definition) is 2. The molecule has 1 aliphatic rings. The van der Waals surface area contributed by atoms with Gasteiger partial charge in [-0.15, -0.1) is 0 Å². The highest BCUT2D eigenvalue weighted by molar-refractivity contribution is 5.81. The molecule has 20 heavy (non-hydrogen) atoms. The van der Waals surface area contributed by atoms with Gasteiger partial charge < -0.3 is 15.5 Å². The highest BCUT2D eigenvalue weighted by Crippen LogP contribution is 2.27. The summed E-state index contributed by atoms with van der Waals surface area (Å²) in [5.41, 5.74) is 3.98. The van der Waals surface area contributed by atoms with Gasteiger partial charge in [-0.3, -0.25) is 4.79 Å². The summed E-state index contributed by atoms with van der Waals surface area (Å²) in [5.74, 6) is 0.0564. The number of likely N-dealkylation sites (N-methyl/N-ethyl adjacent to an activating group) is 1. The maximum atomic E-state index is 11.8. The molecule has 1 heterocycles. The number of anilines is 1. The largest absolute Gasteiger partial charge is 0.374 e. The van der Waals surface area contributed by atoms with E-state index in [1.807, 2.05) is 20.8 Å². The minimum absolute atomic E-state index is 0.0564. The summed E-state index contributed by atoms with van der Waals surface area (Å²) in [6, 6.07) is 6.58. The van der Waals surface area contributed by atoms with Gasteiger partial charge in [-0.05, 0) is 44.4 Å². The van der Waals surface area contributed by atoms with Crippen molar-refractivity contribution in [3.63, 3.8) is 0 Å². The predicted molar refractivity (Wildman–Crippen MR) is 83.0 cm³/mol. The summed E-state index contributed by atoms with van der Waals surface area (Å²) in [6.07, 6.45) is 1.11. The van der Waals surface area contributed by atoms with Crippen LogP contribution in [0.2, 0.25) is 0 Å². The van der Waals surface area contributed by atoms with Crippen LogP contribution in [0.4, 0.5) is 5.69 Å². The Labute approximate surface area is 121 Å². The van der Waals surface area contributed by atoms with Crippen LogP contribution < -0.4 is 15.5 Å². The Kier molecular flexibility index (Phi) is 4.65. The third-order valence-electron chi connectivity index (χ3n) is 3.71. The fourth-order valence-corrected chi connectivity index (χ4v) is 2.50. The number of hydrogen-bond acceptors (Lipinski definition) is 3. The van der Waals surface area contributed by atoms with Crippen molar-refractivity contribution in [3.05, 3.63) is 29.3 Å². The molecule has 0 fully saturated rings. The minimum Gasteiger partial charge on any atom is -0.374 e. The molecule has 1 aromatic rings. The molecule has 0 bridgehead atoms. The molecule has 4 heteroatoms. The first-order valence-corrected chi connectivity index (χ1v) is 7.34. The van der Waals surface area contributed by atoms with Gasteiger partial charge in [0.2, 0.25) is 5.91 Å². The number of carbonyl (C=O) groups is 1. The molecule has 1 aromatic carbocycles. The molecule has 1 amide bonds. The van der Waals surface area contributed by atoms with E-state index < -0.39 is 0 Å². The monoisotopic (exact) mass is 275 g/mol. The second kappa shape index (κ2) is 6.27. The van der Waals surface area contributed by atoms with E-state index in [9.17, 15) is 4.79 Å². The summed E-state index contributed by atoms with van der Waals surface area (Å²) >= 11 is 0. The van der Waals surface area contributed by atoms with Crippen LogP contribution in [0.15, 0.2) is 18.2 Å². The Balaban J connectivity index is 1.90. The molecular weight excluding hydrogens is 250 g/mol. The Morgan fingerprint density at radius 1 is 1.35 bits per heavy atom. The molecule has 1 atom stereocenters. The maximum absolute atomic E-state index is 11.8. The molecule has 0 aromatic heterocycles. The molecule has 4 nitrogen and oxygen atoms in total. The van der Waals surface area contributed by atoms with Crippen molar-refractivity contribution in [3.8, 4) is 0 Å². The molecule has 2 N–H and O–H groups in total. The van der Waals surface area contributed by atoms with E-state index in [2.05, 4.69) is 40.8 Å². The molecule has 0 saturated heterocycles. The van der Waals surface area contributed by atoms with Crippen LogP contribution in [0.25, 0.3) is 0 Å². The van der Waals surface area contributed by atoms with Gasteiger partial charge in [0.25, 0.3) is 0 Å². The SMILES string of the molecule is CC(C)NC(=O)C(C)NCc1ccc2c(c1)CCN2C. The predicted octanol–water partition coefficient (Wildman–Crippen LogP) is 1.68. The molecular formula is C16H25N3O. The van der Waals surface area contributed by atoms with Crippen molar-refractivity contribution in [2.24, 2.45) is 0 Å². The Bertz CT molecular complexity index is 485. The number of rotatable bonds is 5. The van der Waals surface area contributed by atoms with Crippen LogP contribution in [-0.4, -0.2) is 31.6 Å². The zero-order valence-corrected chi connectivity index (χ0v) is 12.9. The van der Waals surface area contributed by atoms with E-state index in [0.717, 1.165) is 19.5 Å². The third kappa shape index (κ3) is 3.51. The number of nitrogens with one attached hydrogen (secondary N) is 2. The van der Waals surface area contributed by atoms with Gasteiger partial charge in [0, 0.05) is 31.9 Å². The lowest BCUT2D eigenvalue weighted by atomic mass is 10.1. The quantitative estimate of drug-likeness (QED) is 0.859. The summed E-state index contributed by atoms with van der Waals surface area (Å²) in [6.45, 7) is 7.67.